The Hall–Kier alpha value is -2.04. The van der Waals surface area contributed by atoms with Gasteiger partial charge in [0.25, 0.3) is 0 Å². The molecule has 3 aliphatic heterocycles. The van der Waals surface area contributed by atoms with Crippen LogP contribution in [0.25, 0.3) is 0 Å². The summed E-state index contributed by atoms with van der Waals surface area (Å²) in [6.07, 6.45) is 7.42. The minimum Gasteiger partial charge on any atom is -0.392 e. The van der Waals surface area contributed by atoms with Gasteiger partial charge in [0.1, 0.15) is 6.61 Å². The highest BCUT2D eigenvalue weighted by molar-refractivity contribution is 5.24. The molecule has 4 heterocycles. The number of aliphatic hydroxyl groups excluding tert-OH is 1. The molecule has 2 bridgehead atoms. The first-order valence-electron chi connectivity index (χ1n) is 13.5. The number of rotatable bonds is 11. The Bertz CT molecular complexity index is 1020. The SMILES string of the molecule is Cc1ccccc1COC1CC2CCC(C1)N2CC(O)CCn1nc(COC2CCCCO2)[nH]c1=O. The smallest absolute Gasteiger partial charge is 0.343 e. The number of nitrogens with zero attached hydrogens (tertiary/aromatic N) is 3. The van der Waals surface area contributed by atoms with Crippen molar-refractivity contribution in [3.8, 4) is 0 Å². The molecule has 0 spiro atoms. The van der Waals surface area contributed by atoms with Gasteiger partial charge in [0, 0.05) is 31.8 Å². The van der Waals surface area contributed by atoms with E-state index < -0.39 is 6.10 Å². The molecule has 198 valence electrons. The number of benzene rings is 1. The van der Waals surface area contributed by atoms with Crippen LogP contribution >= 0.6 is 0 Å². The van der Waals surface area contributed by atoms with E-state index >= 15 is 0 Å². The Morgan fingerprint density at radius 3 is 2.69 bits per heavy atom. The fourth-order valence-electron chi connectivity index (χ4n) is 5.88. The zero-order valence-corrected chi connectivity index (χ0v) is 21.3. The second kappa shape index (κ2) is 12.0. The molecular weight excluding hydrogens is 460 g/mol. The summed E-state index contributed by atoms with van der Waals surface area (Å²) in [7, 11) is 0. The summed E-state index contributed by atoms with van der Waals surface area (Å²) < 4.78 is 19.0. The van der Waals surface area contributed by atoms with E-state index in [0.717, 1.165) is 44.9 Å². The van der Waals surface area contributed by atoms with Gasteiger partial charge in [-0.15, -0.1) is 0 Å². The summed E-state index contributed by atoms with van der Waals surface area (Å²) in [5, 5.41) is 15.1. The van der Waals surface area contributed by atoms with Gasteiger partial charge in [-0.3, -0.25) is 9.88 Å². The number of nitrogens with one attached hydrogen (secondary N) is 1. The Morgan fingerprint density at radius 2 is 1.94 bits per heavy atom. The molecule has 5 rings (SSSR count). The maximum atomic E-state index is 12.3. The summed E-state index contributed by atoms with van der Waals surface area (Å²) in [6, 6.07) is 9.31. The van der Waals surface area contributed by atoms with E-state index in [2.05, 4.69) is 46.2 Å². The van der Waals surface area contributed by atoms with Crippen LogP contribution in [0.1, 0.15) is 68.3 Å². The van der Waals surface area contributed by atoms with E-state index in [1.807, 2.05) is 0 Å². The number of aromatic nitrogens is 3. The van der Waals surface area contributed by atoms with Gasteiger partial charge in [-0.1, -0.05) is 24.3 Å². The number of hydrogen-bond acceptors (Lipinski definition) is 7. The predicted octanol–water partition coefficient (Wildman–Crippen LogP) is 2.89. The fraction of sp³-hybridized carbons (Fsp3) is 0.704. The topological polar surface area (TPSA) is 102 Å². The minimum atomic E-state index is -0.503. The summed E-state index contributed by atoms with van der Waals surface area (Å²) in [5.41, 5.74) is 2.26. The molecular formula is C27H40N4O5. The lowest BCUT2D eigenvalue weighted by molar-refractivity contribution is -0.170. The van der Waals surface area contributed by atoms with E-state index in [4.69, 9.17) is 14.2 Å². The highest BCUT2D eigenvalue weighted by Crippen LogP contribution is 2.37. The zero-order chi connectivity index (χ0) is 24.9. The van der Waals surface area contributed by atoms with Crippen LogP contribution in [0.5, 0.6) is 0 Å². The van der Waals surface area contributed by atoms with Gasteiger partial charge in [0.05, 0.1) is 18.8 Å². The molecule has 2 N–H and O–H groups in total. The zero-order valence-electron chi connectivity index (χ0n) is 21.3. The Morgan fingerprint density at radius 1 is 1.14 bits per heavy atom. The van der Waals surface area contributed by atoms with Crippen molar-refractivity contribution in [2.45, 2.75) is 109 Å². The molecule has 3 saturated heterocycles. The molecule has 3 fully saturated rings. The van der Waals surface area contributed by atoms with Crippen molar-refractivity contribution < 1.29 is 19.3 Å². The average Bonchev–Trinajstić information content (AvgIpc) is 3.35. The van der Waals surface area contributed by atoms with E-state index in [9.17, 15) is 9.90 Å². The number of piperidine rings is 1. The van der Waals surface area contributed by atoms with Crippen molar-refractivity contribution >= 4 is 0 Å². The largest absolute Gasteiger partial charge is 0.392 e. The maximum Gasteiger partial charge on any atom is 0.343 e. The predicted molar refractivity (Wildman–Crippen MR) is 134 cm³/mol. The van der Waals surface area contributed by atoms with Crippen LogP contribution in [0.2, 0.25) is 0 Å². The van der Waals surface area contributed by atoms with Gasteiger partial charge >= 0.3 is 5.69 Å². The van der Waals surface area contributed by atoms with Gasteiger partial charge in [-0.2, -0.15) is 5.10 Å². The monoisotopic (exact) mass is 500 g/mol. The Kier molecular flexibility index (Phi) is 8.54. The lowest BCUT2D eigenvalue weighted by Gasteiger charge is -2.39. The molecule has 1 aromatic carbocycles. The van der Waals surface area contributed by atoms with Crippen molar-refractivity contribution in [3.63, 3.8) is 0 Å². The first-order valence-corrected chi connectivity index (χ1v) is 13.5. The number of fused-ring (bicyclic) bond motifs is 2. The van der Waals surface area contributed by atoms with E-state index in [0.29, 0.717) is 50.6 Å². The molecule has 9 nitrogen and oxygen atoms in total. The molecule has 3 aliphatic rings. The average molecular weight is 501 g/mol. The Labute approximate surface area is 212 Å². The quantitative estimate of drug-likeness (QED) is 0.489. The Balaban J connectivity index is 1.05. The fourth-order valence-corrected chi connectivity index (χ4v) is 5.88. The number of ether oxygens (including phenoxy) is 3. The standard InChI is InChI=1S/C27H40N4O5/c1-19-6-2-3-7-20(19)17-35-24-14-21-9-10-22(15-24)30(21)16-23(32)11-12-31-27(33)28-25(29-31)18-36-26-8-4-5-13-34-26/h2-3,6-7,21-24,26,32H,4-5,8-18H2,1H3,(H,28,29,33). The second-order valence-electron chi connectivity index (χ2n) is 10.6. The lowest BCUT2D eigenvalue weighted by atomic mass is 9.98. The lowest BCUT2D eigenvalue weighted by Crippen LogP contribution is -2.48. The van der Waals surface area contributed by atoms with Crippen molar-refractivity contribution in [2.75, 3.05) is 13.2 Å². The van der Waals surface area contributed by atoms with E-state index in [1.165, 1.54) is 15.8 Å². The summed E-state index contributed by atoms with van der Waals surface area (Å²) in [4.78, 5) is 17.5. The van der Waals surface area contributed by atoms with Gasteiger partial charge in [-0.25, -0.2) is 9.48 Å². The third kappa shape index (κ3) is 6.44. The number of aromatic amines is 1. The van der Waals surface area contributed by atoms with Gasteiger partial charge in [0.15, 0.2) is 12.1 Å². The molecule has 0 amide bonds. The highest BCUT2D eigenvalue weighted by Gasteiger charge is 2.41. The van der Waals surface area contributed by atoms with Crippen LogP contribution in [0, 0.1) is 6.92 Å². The van der Waals surface area contributed by atoms with Gasteiger partial charge in [-0.05, 0) is 69.4 Å². The van der Waals surface area contributed by atoms with Gasteiger partial charge < -0.3 is 19.3 Å². The summed E-state index contributed by atoms with van der Waals surface area (Å²) in [6.45, 7) is 4.74. The van der Waals surface area contributed by atoms with Crippen molar-refractivity contribution in [1.82, 2.24) is 19.7 Å². The molecule has 1 aromatic heterocycles. The second-order valence-corrected chi connectivity index (χ2v) is 10.6. The van der Waals surface area contributed by atoms with E-state index in [-0.39, 0.29) is 24.7 Å². The normalized spacial score (nSPS) is 27.4. The molecule has 0 saturated carbocycles. The number of hydrogen-bond donors (Lipinski definition) is 2. The van der Waals surface area contributed by atoms with Crippen molar-refractivity contribution in [2.24, 2.45) is 0 Å². The summed E-state index contributed by atoms with van der Waals surface area (Å²) in [5.74, 6) is 0.495. The van der Waals surface area contributed by atoms with Crippen LogP contribution in [-0.2, 0) is 34.0 Å². The third-order valence-electron chi connectivity index (χ3n) is 7.94. The summed E-state index contributed by atoms with van der Waals surface area (Å²) >= 11 is 0. The third-order valence-corrected chi connectivity index (χ3v) is 7.94. The van der Waals surface area contributed by atoms with Crippen LogP contribution < -0.4 is 5.69 Å². The molecule has 36 heavy (non-hydrogen) atoms. The first kappa shape index (κ1) is 25.6. The van der Waals surface area contributed by atoms with Gasteiger partial charge in [0.2, 0.25) is 0 Å². The number of aryl methyl sites for hydroxylation is 2. The first-order chi connectivity index (χ1) is 17.5. The molecule has 0 radical (unpaired) electrons. The molecule has 4 unspecified atom stereocenters. The van der Waals surface area contributed by atoms with Crippen molar-refractivity contribution in [1.29, 1.82) is 0 Å². The highest BCUT2D eigenvalue weighted by atomic mass is 16.7. The maximum absolute atomic E-state index is 12.3. The van der Waals surface area contributed by atoms with E-state index in [1.54, 1.807) is 0 Å². The minimum absolute atomic E-state index is 0.221. The van der Waals surface area contributed by atoms with Crippen LogP contribution in [0.15, 0.2) is 29.1 Å². The molecule has 4 atom stereocenters. The molecule has 9 heteroatoms. The molecule has 0 aliphatic carbocycles. The van der Waals surface area contributed by atoms with Crippen molar-refractivity contribution in [3.05, 3.63) is 51.7 Å². The number of aliphatic hydroxyl groups is 1. The number of H-pyrrole nitrogens is 1. The van der Waals surface area contributed by atoms with Crippen LogP contribution in [0.3, 0.4) is 0 Å². The van der Waals surface area contributed by atoms with Crippen LogP contribution in [-0.4, -0.2) is 68.5 Å². The van der Waals surface area contributed by atoms with Crippen LogP contribution in [0.4, 0.5) is 0 Å². The molecule has 2 aromatic rings.